The zero-order chi connectivity index (χ0) is 19.9. The van der Waals surface area contributed by atoms with Crippen LogP contribution in [0.5, 0.6) is 5.75 Å². The smallest absolute Gasteiger partial charge is 0.237 e. The Morgan fingerprint density at radius 1 is 1.04 bits per heavy atom. The lowest BCUT2D eigenvalue weighted by Gasteiger charge is -2.33. The van der Waals surface area contributed by atoms with Crippen LogP contribution in [0.3, 0.4) is 0 Å². The molecule has 0 radical (unpaired) electrons. The Hall–Kier alpha value is -2.33. The second-order valence-electron chi connectivity index (χ2n) is 8.20. The van der Waals surface area contributed by atoms with Gasteiger partial charge < -0.3 is 15.8 Å². The Bertz CT molecular complexity index is 745. The van der Waals surface area contributed by atoms with Gasteiger partial charge in [-0.15, -0.1) is 0 Å². The van der Waals surface area contributed by atoms with Crippen molar-refractivity contribution < 1.29 is 9.53 Å². The third-order valence-corrected chi connectivity index (χ3v) is 5.91. The van der Waals surface area contributed by atoms with Crippen LogP contribution >= 0.6 is 0 Å². The normalized spacial score (nSPS) is 23.0. The van der Waals surface area contributed by atoms with Crippen molar-refractivity contribution in [2.75, 3.05) is 0 Å². The fourth-order valence-electron chi connectivity index (χ4n) is 3.80. The molecule has 0 aromatic heterocycles. The highest BCUT2D eigenvalue weighted by Crippen LogP contribution is 2.29. The Balaban J connectivity index is 1.45. The second kappa shape index (κ2) is 9.74. The van der Waals surface area contributed by atoms with E-state index in [1.807, 2.05) is 54.6 Å². The molecular formula is C24H32N2O2. The van der Waals surface area contributed by atoms with E-state index >= 15 is 0 Å². The van der Waals surface area contributed by atoms with Crippen LogP contribution in [0.25, 0.3) is 0 Å². The maximum atomic E-state index is 12.5. The molecule has 1 fully saturated rings. The topological polar surface area (TPSA) is 64.4 Å². The summed E-state index contributed by atoms with van der Waals surface area (Å²) in [5, 5.41) is 3.15. The molecule has 1 aliphatic rings. The Labute approximate surface area is 168 Å². The van der Waals surface area contributed by atoms with Gasteiger partial charge in [0.25, 0.3) is 0 Å². The molecule has 4 heteroatoms. The van der Waals surface area contributed by atoms with Crippen molar-refractivity contribution in [1.29, 1.82) is 0 Å². The quantitative estimate of drug-likeness (QED) is 0.761. The fourth-order valence-corrected chi connectivity index (χ4v) is 3.80. The van der Waals surface area contributed by atoms with E-state index in [9.17, 15) is 4.79 Å². The highest BCUT2D eigenvalue weighted by molar-refractivity contribution is 5.82. The second-order valence-corrected chi connectivity index (χ2v) is 8.20. The van der Waals surface area contributed by atoms with Crippen molar-refractivity contribution in [1.82, 2.24) is 5.32 Å². The number of carbonyl (C=O) groups excluding carboxylic acids is 1. The van der Waals surface area contributed by atoms with Gasteiger partial charge >= 0.3 is 0 Å². The van der Waals surface area contributed by atoms with E-state index < -0.39 is 6.04 Å². The lowest BCUT2D eigenvalue weighted by molar-refractivity contribution is -0.123. The molecule has 1 amide bonds. The monoisotopic (exact) mass is 380 g/mol. The summed E-state index contributed by atoms with van der Waals surface area (Å²) in [5.74, 6) is 2.16. The van der Waals surface area contributed by atoms with Gasteiger partial charge in [0.2, 0.25) is 5.91 Å². The molecule has 2 aromatic rings. The third-order valence-electron chi connectivity index (χ3n) is 5.91. The number of rotatable bonds is 7. The number of hydrogen-bond donors (Lipinski definition) is 2. The van der Waals surface area contributed by atoms with Gasteiger partial charge in [0.1, 0.15) is 12.4 Å². The molecule has 0 spiro atoms. The maximum Gasteiger partial charge on any atom is 0.237 e. The van der Waals surface area contributed by atoms with E-state index in [0.717, 1.165) is 35.6 Å². The van der Waals surface area contributed by atoms with Gasteiger partial charge in [-0.2, -0.15) is 0 Å². The van der Waals surface area contributed by atoms with Crippen LogP contribution in [-0.4, -0.2) is 18.0 Å². The molecule has 1 saturated carbocycles. The molecule has 0 bridgehead atoms. The number of amides is 1. The predicted octanol–water partition coefficient (Wildman–Crippen LogP) is 4.08. The van der Waals surface area contributed by atoms with Crippen LogP contribution in [0.2, 0.25) is 0 Å². The number of ether oxygens (including phenoxy) is 1. The molecule has 3 N–H and O–H groups in total. The van der Waals surface area contributed by atoms with Crippen LogP contribution in [-0.2, 0) is 17.8 Å². The van der Waals surface area contributed by atoms with Crippen LogP contribution in [0.15, 0.2) is 54.6 Å². The van der Waals surface area contributed by atoms with Crippen molar-refractivity contribution in [3.63, 3.8) is 0 Å². The Morgan fingerprint density at radius 2 is 1.75 bits per heavy atom. The summed E-state index contributed by atoms with van der Waals surface area (Å²) >= 11 is 0. The summed E-state index contributed by atoms with van der Waals surface area (Å²) < 4.78 is 5.81. The molecule has 4 nitrogen and oxygen atoms in total. The van der Waals surface area contributed by atoms with Gasteiger partial charge in [-0.05, 0) is 60.8 Å². The molecule has 3 rings (SSSR count). The molecule has 150 valence electrons. The summed E-state index contributed by atoms with van der Waals surface area (Å²) in [7, 11) is 0. The number of hydrogen-bond acceptors (Lipinski definition) is 3. The molecule has 2 aromatic carbocycles. The number of benzene rings is 2. The maximum absolute atomic E-state index is 12.5. The van der Waals surface area contributed by atoms with E-state index in [1.165, 1.54) is 6.42 Å². The van der Waals surface area contributed by atoms with Gasteiger partial charge in [-0.3, -0.25) is 4.79 Å². The minimum atomic E-state index is -0.522. The van der Waals surface area contributed by atoms with Gasteiger partial charge in [-0.25, -0.2) is 0 Å². The first-order valence-electron chi connectivity index (χ1n) is 10.3. The zero-order valence-electron chi connectivity index (χ0n) is 16.9. The first-order valence-corrected chi connectivity index (χ1v) is 10.3. The first kappa shape index (κ1) is 20.4. The van der Waals surface area contributed by atoms with Gasteiger partial charge in [0.15, 0.2) is 0 Å². The van der Waals surface area contributed by atoms with Gasteiger partial charge in [0, 0.05) is 6.04 Å². The third kappa shape index (κ3) is 5.83. The van der Waals surface area contributed by atoms with Crippen molar-refractivity contribution in [2.45, 2.75) is 58.2 Å². The number of nitrogens with one attached hydrogen (secondary N) is 1. The van der Waals surface area contributed by atoms with Crippen LogP contribution < -0.4 is 15.8 Å². The fraction of sp³-hybridized carbons (Fsp3) is 0.458. The SMILES string of the molecule is CC1CCC(NC(=O)[C@@H](N)Cc2ccc(OCc3ccccc3)cc2)CC1C. The van der Waals surface area contributed by atoms with E-state index in [2.05, 4.69) is 19.2 Å². The zero-order valence-corrected chi connectivity index (χ0v) is 16.9. The average Bonchev–Trinajstić information content (AvgIpc) is 2.71. The van der Waals surface area contributed by atoms with Crippen molar-refractivity contribution >= 4 is 5.91 Å². The Kier molecular flexibility index (Phi) is 7.10. The van der Waals surface area contributed by atoms with Gasteiger partial charge in [-0.1, -0.05) is 56.3 Å². The van der Waals surface area contributed by atoms with E-state index in [1.54, 1.807) is 0 Å². The highest BCUT2D eigenvalue weighted by Gasteiger charge is 2.26. The molecule has 4 atom stereocenters. The first-order chi connectivity index (χ1) is 13.5. The lowest BCUT2D eigenvalue weighted by atomic mass is 9.79. The van der Waals surface area contributed by atoms with E-state index in [4.69, 9.17) is 10.5 Å². The predicted molar refractivity (Wildman–Crippen MR) is 113 cm³/mol. The van der Waals surface area contributed by atoms with Gasteiger partial charge in [0.05, 0.1) is 6.04 Å². The summed E-state index contributed by atoms with van der Waals surface area (Å²) in [6.07, 6.45) is 3.81. The standard InChI is InChI=1S/C24H32N2O2/c1-17-8-11-21(14-18(17)2)26-24(27)23(25)15-19-9-12-22(13-10-19)28-16-20-6-4-3-5-7-20/h3-7,9-10,12-13,17-18,21,23H,8,11,14-16,25H2,1-2H3,(H,26,27)/t17?,18?,21?,23-/m0/s1. The molecule has 0 aliphatic heterocycles. The highest BCUT2D eigenvalue weighted by atomic mass is 16.5. The minimum absolute atomic E-state index is 0.0452. The van der Waals surface area contributed by atoms with Crippen molar-refractivity contribution in [3.8, 4) is 5.75 Å². The summed E-state index contributed by atoms with van der Waals surface area (Å²) in [6, 6.07) is 17.7. The number of nitrogens with two attached hydrogens (primary N) is 1. The van der Waals surface area contributed by atoms with E-state index in [-0.39, 0.29) is 11.9 Å². The molecule has 1 aliphatic carbocycles. The van der Waals surface area contributed by atoms with Crippen molar-refractivity contribution in [3.05, 3.63) is 65.7 Å². The largest absolute Gasteiger partial charge is 0.489 e. The summed E-state index contributed by atoms with van der Waals surface area (Å²) in [4.78, 5) is 12.5. The van der Waals surface area contributed by atoms with Crippen LogP contribution in [0.1, 0.15) is 44.2 Å². The molecule has 28 heavy (non-hydrogen) atoms. The molecular weight excluding hydrogens is 348 g/mol. The number of carbonyl (C=O) groups is 1. The minimum Gasteiger partial charge on any atom is -0.489 e. The average molecular weight is 381 g/mol. The van der Waals surface area contributed by atoms with Crippen LogP contribution in [0, 0.1) is 11.8 Å². The lowest BCUT2D eigenvalue weighted by Crippen LogP contribution is -2.48. The Morgan fingerprint density at radius 3 is 2.43 bits per heavy atom. The van der Waals surface area contributed by atoms with Crippen LogP contribution in [0.4, 0.5) is 0 Å². The molecule has 0 heterocycles. The van der Waals surface area contributed by atoms with E-state index in [0.29, 0.717) is 18.9 Å². The summed E-state index contributed by atoms with van der Waals surface area (Å²) in [5.41, 5.74) is 8.34. The van der Waals surface area contributed by atoms with Crippen molar-refractivity contribution in [2.24, 2.45) is 17.6 Å². The molecule has 3 unspecified atom stereocenters. The molecule has 0 saturated heterocycles. The summed E-state index contributed by atoms with van der Waals surface area (Å²) in [6.45, 7) is 5.10.